The summed E-state index contributed by atoms with van der Waals surface area (Å²) in [6, 6.07) is 8.51. The van der Waals surface area contributed by atoms with E-state index >= 15 is 0 Å². The number of nitrogens with zero attached hydrogens (tertiary/aromatic N) is 6. The molecule has 6 rings (SSSR count). The first-order chi connectivity index (χ1) is 18.8. The molecule has 1 unspecified atom stereocenters. The van der Waals surface area contributed by atoms with Crippen LogP contribution >= 0.6 is 27.7 Å². The van der Waals surface area contributed by atoms with E-state index in [1.54, 1.807) is 24.0 Å². The number of thioether (sulfide) groups is 1. The maximum Gasteiger partial charge on any atom is 0.142 e. The van der Waals surface area contributed by atoms with Crippen molar-refractivity contribution in [2.24, 2.45) is 0 Å². The van der Waals surface area contributed by atoms with Crippen LogP contribution in [0.25, 0.3) is 34.9 Å². The van der Waals surface area contributed by atoms with Crippen molar-refractivity contribution >= 4 is 70.4 Å². The summed E-state index contributed by atoms with van der Waals surface area (Å²) in [5.74, 6) is 0.782. The van der Waals surface area contributed by atoms with E-state index in [-0.39, 0.29) is 6.04 Å². The van der Waals surface area contributed by atoms with E-state index in [4.69, 9.17) is 4.98 Å². The lowest BCUT2D eigenvalue weighted by atomic mass is 9.90. The molecule has 39 heavy (non-hydrogen) atoms. The lowest BCUT2D eigenvalue weighted by Crippen LogP contribution is -2.56. The molecule has 1 atom stereocenters. The van der Waals surface area contributed by atoms with Crippen LogP contribution in [0, 0.1) is 5.41 Å². The molecule has 1 saturated heterocycles. The molecular formula is C29H29BBrN7S. The Bertz CT molecular complexity index is 1880. The minimum Gasteiger partial charge on any atom is -0.368 e. The SMILES string of the molecule is Bc1cccc2c1c1c(/C=c3/c(N4CCN(C(=C)C=C)CC4C)nc(=C)n(-c4c(SC)ccnc4Br)c3=N)n2-1. The van der Waals surface area contributed by atoms with Gasteiger partial charge in [0.15, 0.2) is 0 Å². The zero-order valence-electron chi connectivity index (χ0n) is 22.3. The average molecular weight is 598 g/mol. The summed E-state index contributed by atoms with van der Waals surface area (Å²) < 4.78 is 4.72. The molecule has 0 radical (unpaired) electrons. The Kier molecular flexibility index (Phi) is 6.35. The van der Waals surface area contributed by atoms with E-state index in [1.807, 2.05) is 16.9 Å². The molecule has 0 amide bonds. The third kappa shape index (κ3) is 4.00. The summed E-state index contributed by atoms with van der Waals surface area (Å²) in [5.41, 5.74) is 7.41. The maximum atomic E-state index is 9.52. The van der Waals surface area contributed by atoms with Gasteiger partial charge in [-0.2, -0.15) is 0 Å². The maximum absolute atomic E-state index is 9.52. The molecule has 10 heteroatoms. The summed E-state index contributed by atoms with van der Waals surface area (Å²) >= 11 is 5.23. The fourth-order valence-electron chi connectivity index (χ4n) is 5.65. The lowest BCUT2D eigenvalue weighted by Gasteiger charge is -2.42. The third-order valence-corrected chi connectivity index (χ3v) is 9.06. The highest BCUT2D eigenvalue weighted by atomic mass is 79.9. The quantitative estimate of drug-likeness (QED) is 0.141. The lowest BCUT2D eigenvalue weighted by molar-refractivity contribution is 0.290. The molecule has 3 aliphatic rings. The van der Waals surface area contributed by atoms with Gasteiger partial charge in [0.05, 0.1) is 27.8 Å². The number of anilines is 1. The topological polar surface area (TPSA) is 66.0 Å². The Labute approximate surface area is 240 Å². The fourth-order valence-corrected chi connectivity index (χ4v) is 6.87. The highest BCUT2D eigenvalue weighted by Gasteiger charge is 2.33. The summed E-state index contributed by atoms with van der Waals surface area (Å²) in [4.78, 5) is 15.1. The molecule has 3 aliphatic heterocycles. The number of pyridine rings is 1. The molecule has 1 aromatic carbocycles. The normalized spacial score (nSPS) is 16.7. The second kappa shape index (κ2) is 9.60. The highest BCUT2D eigenvalue weighted by molar-refractivity contribution is 9.10. The van der Waals surface area contributed by atoms with Gasteiger partial charge in [-0.25, -0.2) is 9.97 Å². The van der Waals surface area contributed by atoms with Gasteiger partial charge in [-0.05, 0) is 53.4 Å². The van der Waals surface area contributed by atoms with Crippen molar-refractivity contribution in [3.8, 4) is 11.4 Å². The van der Waals surface area contributed by atoms with E-state index in [1.165, 1.54) is 22.1 Å². The minimum absolute atomic E-state index is 0.157. The predicted octanol–water partition coefficient (Wildman–Crippen LogP) is 2.20. The van der Waals surface area contributed by atoms with Crippen LogP contribution < -0.4 is 26.5 Å². The Balaban J connectivity index is 1.58. The first kappa shape index (κ1) is 25.8. The van der Waals surface area contributed by atoms with Crippen LogP contribution in [-0.4, -0.2) is 63.8 Å². The smallest absolute Gasteiger partial charge is 0.142 e. The molecule has 1 fully saturated rings. The average Bonchev–Trinajstić information content (AvgIpc) is 3.54. The van der Waals surface area contributed by atoms with Crippen molar-refractivity contribution in [2.75, 3.05) is 30.8 Å². The Morgan fingerprint density at radius 3 is 2.72 bits per heavy atom. The second-order valence-electron chi connectivity index (χ2n) is 9.97. The van der Waals surface area contributed by atoms with Crippen LogP contribution in [-0.2, 0) is 0 Å². The van der Waals surface area contributed by atoms with Crippen LogP contribution in [0.1, 0.15) is 12.6 Å². The zero-order chi connectivity index (χ0) is 27.6. The van der Waals surface area contributed by atoms with Gasteiger partial charge in [-0.15, -0.1) is 11.8 Å². The van der Waals surface area contributed by atoms with Gasteiger partial charge in [-0.3, -0.25) is 9.98 Å². The molecule has 2 aromatic heterocycles. The number of nitrogens with one attached hydrogen (secondary N) is 1. The number of aromatic nitrogens is 4. The number of halogens is 1. The van der Waals surface area contributed by atoms with E-state index in [2.05, 4.69) is 94.1 Å². The van der Waals surface area contributed by atoms with Crippen molar-refractivity contribution < 1.29 is 0 Å². The van der Waals surface area contributed by atoms with Crippen LogP contribution in [0.5, 0.6) is 0 Å². The number of piperazine rings is 1. The first-order valence-corrected chi connectivity index (χ1v) is 14.8. The second-order valence-corrected chi connectivity index (χ2v) is 11.6. The predicted molar refractivity (Wildman–Crippen MR) is 168 cm³/mol. The Morgan fingerprint density at radius 2 is 2.03 bits per heavy atom. The molecule has 0 spiro atoms. The zero-order valence-corrected chi connectivity index (χ0v) is 24.7. The molecule has 0 aliphatic carbocycles. The molecule has 1 N–H and O–H groups in total. The molecule has 196 valence electrons. The Morgan fingerprint density at radius 1 is 1.23 bits per heavy atom. The number of hydrogen-bond acceptors (Lipinski definition) is 6. The molecule has 5 heterocycles. The van der Waals surface area contributed by atoms with Gasteiger partial charge in [0.25, 0.3) is 0 Å². The first-order valence-electron chi connectivity index (χ1n) is 12.8. The van der Waals surface area contributed by atoms with Gasteiger partial charge in [0.1, 0.15) is 29.2 Å². The number of fused-ring (bicyclic) bond motifs is 4. The molecule has 3 aromatic rings. The van der Waals surface area contributed by atoms with Crippen LogP contribution in [0.2, 0.25) is 0 Å². The van der Waals surface area contributed by atoms with Gasteiger partial charge in [0.2, 0.25) is 0 Å². The standard InChI is InChI=1S/C29H29BBrN7S/c1-6-16(2)35-12-13-36(17(3)15-35)29-19(14-22-25-24-20(30)8-7-9-21(24)38(22)25)28(32)37(18(4)34-29)26-23(39-5)10-11-33-27(26)31/h6-11,14,17,32H,1-2,4,12-13,15,30H2,3,5H3/b19-14+,32-28?. The van der Waals surface area contributed by atoms with Gasteiger partial charge < -0.3 is 14.4 Å². The van der Waals surface area contributed by atoms with Crippen molar-refractivity contribution in [1.29, 1.82) is 5.41 Å². The van der Waals surface area contributed by atoms with Gasteiger partial charge in [-0.1, -0.05) is 37.3 Å². The van der Waals surface area contributed by atoms with E-state index in [9.17, 15) is 5.41 Å². The summed E-state index contributed by atoms with van der Waals surface area (Å²) in [6.45, 7) is 16.9. The summed E-state index contributed by atoms with van der Waals surface area (Å²) in [6.07, 6.45) is 7.72. The number of benzene rings is 1. The Hall–Kier alpha value is -3.50. The van der Waals surface area contributed by atoms with Crippen molar-refractivity contribution in [2.45, 2.75) is 17.9 Å². The van der Waals surface area contributed by atoms with Crippen molar-refractivity contribution in [1.82, 2.24) is 24.0 Å². The molecule has 0 bridgehead atoms. The van der Waals surface area contributed by atoms with Crippen LogP contribution in [0.4, 0.5) is 5.82 Å². The number of rotatable bonds is 6. The number of hydrogen-bond donors (Lipinski definition) is 1. The number of allylic oxidation sites excluding steroid dienone is 1. The fraction of sp³-hybridized carbons (Fsp3) is 0.207. The van der Waals surface area contributed by atoms with Crippen LogP contribution in [0.3, 0.4) is 0 Å². The van der Waals surface area contributed by atoms with E-state index in [0.717, 1.165) is 52.6 Å². The third-order valence-electron chi connectivity index (χ3n) is 7.71. The van der Waals surface area contributed by atoms with E-state index in [0.29, 0.717) is 15.6 Å². The molecular weight excluding hydrogens is 569 g/mol. The summed E-state index contributed by atoms with van der Waals surface area (Å²) in [5, 5.41) is 11.6. The minimum atomic E-state index is 0.157. The van der Waals surface area contributed by atoms with E-state index < -0.39 is 0 Å². The van der Waals surface area contributed by atoms with Gasteiger partial charge >= 0.3 is 0 Å². The van der Waals surface area contributed by atoms with Crippen molar-refractivity contribution in [3.63, 3.8) is 0 Å². The summed E-state index contributed by atoms with van der Waals surface area (Å²) in [7, 11) is 2.15. The van der Waals surface area contributed by atoms with Gasteiger partial charge in [0, 0.05) is 47.9 Å². The molecule has 7 nitrogen and oxygen atoms in total. The largest absolute Gasteiger partial charge is 0.368 e. The monoisotopic (exact) mass is 597 g/mol. The molecule has 0 saturated carbocycles. The highest BCUT2D eigenvalue weighted by Crippen LogP contribution is 2.44. The van der Waals surface area contributed by atoms with Crippen LogP contribution in [0.15, 0.2) is 64.9 Å². The van der Waals surface area contributed by atoms with Crippen molar-refractivity contribution in [3.05, 3.63) is 81.9 Å².